The summed E-state index contributed by atoms with van der Waals surface area (Å²) >= 11 is 0. The van der Waals surface area contributed by atoms with Crippen molar-refractivity contribution >= 4 is 17.6 Å². The molecule has 1 aliphatic rings. The normalized spacial score (nSPS) is 19.7. The van der Waals surface area contributed by atoms with Crippen LogP contribution in [-0.4, -0.2) is 48.4 Å². The third-order valence-corrected chi connectivity index (χ3v) is 5.38. The molecule has 1 unspecified atom stereocenters. The molecule has 2 aromatic rings. The van der Waals surface area contributed by atoms with Gasteiger partial charge in [-0.15, -0.1) is 0 Å². The SMILES string of the molecule is Cc1cc(C(=O)N2CCC2(C)C(=O)Nc2cc(C(C)(C)C)nn2C)nn1C. The lowest BCUT2D eigenvalue weighted by molar-refractivity contribution is -0.132. The standard InChI is InChI=1S/C19H28N6O2/c1-12-10-13(21-23(12)6)16(26)25-9-8-19(25,5)17(27)20-15-11-14(18(2,3)4)22-24(15)7/h10-11H,8-9H2,1-7H3,(H,20,27). The number of likely N-dealkylation sites (tertiary alicyclic amines) is 1. The second kappa shape index (κ2) is 6.21. The molecule has 27 heavy (non-hydrogen) atoms. The van der Waals surface area contributed by atoms with Crippen LogP contribution in [-0.2, 0) is 24.3 Å². The summed E-state index contributed by atoms with van der Waals surface area (Å²) in [6.45, 7) is 10.4. The smallest absolute Gasteiger partial charge is 0.275 e. The molecule has 1 atom stereocenters. The summed E-state index contributed by atoms with van der Waals surface area (Å²) in [5.74, 6) is 0.195. The van der Waals surface area contributed by atoms with E-state index in [4.69, 9.17) is 0 Å². The highest BCUT2D eigenvalue weighted by Gasteiger charge is 2.50. The van der Waals surface area contributed by atoms with E-state index in [2.05, 4.69) is 36.3 Å². The quantitative estimate of drug-likeness (QED) is 0.893. The van der Waals surface area contributed by atoms with Crippen LogP contribution in [0.4, 0.5) is 5.82 Å². The molecule has 2 amide bonds. The first-order valence-corrected chi connectivity index (χ1v) is 9.12. The molecule has 0 aliphatic carbocycles. The fourth-order valence-electron chi connectivity index (χ4n) is 3.13. The molecular weight excluding hydrogens is 344 g/mol. The Bertz CT molecular complexity index is 884. The van der Waals surface area contributed by atoms with E-state index < -0.39 is 5.54 Å². The molecule has 1 N–H and O–H groups in total. The number of nitrogens with zero attached hydrogens (tertiary/aromatic N) is 5. The summed E-state index contributed by atoms with van der Waals surface area (Å²) in [5, 5.41) is 11.7. The van der Waals surface area contributed by atoms with Crippen LogP contribution in [0.5, 0.6) is 0 Å². The summed E-state index contributed by atoms with van der Waals surface area (Å²) in [5.41, 5.74) is 1.16. The highest BCUT2D eigenvalue weighted by atomic mass is 16.2. The number of nitrogens with one attached hydrogen (secondary N) is 1. The predicted octanol–water partition coefficient (Wildman–Crippen LogP) is 2.00. The Morgan fingerprint density at radius 3 is 2.26 bits per heavy atom. The lowest BCUT2D eigenvalue weighted by Gasteiger charge is -2.48. The van der Waals surface area contributed by atoms with Crippen molar-refractivity contribution in [2.24, 2.45) is 14.1 Å². The summed E-state index contributed by atoms with van der Waals surface area (Å²) in [6, 6.07) is 3.63. The van der Waals surface area contributed by atoms with Crippen molar-refractivity contribution in [3.63, 3.8) is 0 Å². The van der Waals surface area contributed by atoms with Gasteiger partial charge in [0.2, 0.25) is 0 Å². The summed E-state index contributed by atoms with van der Waals surface area (Å²) in [4.78, 5) is 27.4. The number of aryl methyl sites for hydroxylation is 3. The van der Waals surface area contributed by atoms with E-state index in [1.807, 2.05) is 13.0 Å². The minimum atomic E-state index is -0.894. The van der Waals surface area contributed by atoms with Gasteiger partial charge in [-0.1, -0.05) is 20.8 Å². The zero-order chi connectivity index (χ0) is 20.1. The van der Waals surface area contributed by atoms with Gasteiger partial charge in [0, 0.05) is 37.8 Å². The Balaban J connectivity index is 1.78. The second-order valence-corrected chi connectivity index (χ2v) is 8.52. The number of hydrogen-bond acceptors (Lipinski definition) is 4. The topological polar surface area (TPSA) is 85.1 Å². The van der Waals surface area contributed by atoms with E-state index in [0.29, 0.717) is 24.5 Å². The van der Waals surface area contributed by atoms with Crippen molar-refractivity contribution in [3.05, 3.63) is 29.2 Å². The lowest BCUT2D eigenvalue weighted by atomic mass is 9.85. The van der Waals surface area contributed by atoms with E-state index >= 15 is 0 Å². The van der Waals surface area contributed by atoms with Crippen LogP contribution in [0.3, 0.4) is 0 Å². The average Bonchev–Trinajstić information content (AvgIpc) is 3.08. The van der Waals surface area contributed by atoms with Gasteiger partial charge in [-0.2, -0.15) is 10.2 Å². The van der Waals surface area contributed by atoms with Gasteiger partial charge < -0.3 is 10.2 Å². The van der Waals surface area contributed by atoms with Gasteiger partial charge >= 0.3 is 0 Å². The van der Waals surface area contributed by atoms with Gasteiger partial charge in [0.05, 0.1) is 5.69 Å². The molecule has 146 valence electrons. The Hall–Kier alpha value is -2.64. The van der Waals surface area contributed by atoms with Crippen molar-refractivity contribution in [3.8, 4) is 0 Å². The van der Waals surface area contributed by atoms with Crippen LogP contribution >= 0.6 is 0 Å². The molecule has 1 fully saturated rings. The molecular formula is C19H28N6O2. The summed E-state index contributed by atoms with van der Waals surface area (Å²) < 4.78 is 3.32. The van der Waals surface area contributed by atoms with Gasteiger partial charge in [0.25, 0.3) is 11.8 Å². The van der Waals surface area contributed by atoms with E-state index in [-0.39, 0.29) is 17.2 Å². The Morgan fingerprint density at radius 1 is 1.15 bits per heavy atom. The van der Waals surface area contributed by atoms with Crippen LogP contribution in [0, 0.1) is 6.92 Å². The Labute approximate surface area is 159 Å². The minimum Gasteiger partial charge on any atom is -0.323 e. The number of hydrogen-bond donors (Lipinski definition) is 1. The van der Waals surface area contributed by atoms with E-state index in [1.54, 1.807) is 41.3 Å². The van der Waals surface area contributed by atoms with Crippen LogP contribution in [0.25, 0.3) is 0 Å². The number of anilines is 1. The molecule has 3 heterocycles. The molecule has 0 spiro atoms. The zero-order valence-electron chi connectivity index (χ0n) is 17.1. The zero-order valence-corrected chi connectivity index (χ0v) is 17.1. The van der Waals surface area contributed by atoms with Crippen molar-refractivity contribution in [1.29, 1.82) is 0 Å². The van der Waals surface area contributed by atoms with Gasteiger partial charge in [0.1, 0.15) is 11.4 Å². The molecule has 0 aromatic carbocycles. The van der Waals surface area contributed by atoms with Crippen molar-refractivity contribution in [2.45, 2.75) is 52.0 Å². The predicted molar refractivity (Wildman–Crippen MR) is 103 cm³/mol. The number of carbonyl (C=O) groups is 2. The van der Waals surface area contributed by atoms with E-state index in [9.17, 15) is 9.59 Å². The van der Waals surface area contributed by atoms with Crippen LogP contribution in [0.2, 0.25) is 0 Å². The highest BCUT2D eigenvalue weighted by Crippen LogP contribution is 2.33. The third kappa shape index (κ3) is 3.24. The first kappa shape index (κ1) is 19.1. The first-order chi connectivity index (χ1) is 12.4. The molecule has 3 rings (SSSR count). The molecule has 1 aliphatic heterocycles. The third-order valence-electron chi connectivity index (χ3n) is 5.38. The van der Waals surface area contributed by atoms with Crippen LogP contribution < -0.4 is 5.32 Å². The summed E-state index contributed by atoms with van der Waals surface area (Å²) in [7, 11) is 3.59. The van der Waals surface area contributed by atoms with Crippen molar-refractivity contribution in [1.82, 2.24) is 24.5 Å². The Morgan fingerprint density at radius 2 is 1.81 bits per heavy atom. The van der Waals surface area contributed by atoms with Crippen molar-refractivity contribution < 1.29 is 9.59 Å². The molecule has 8 heteroatoms. The van der Waals surface area contributed by atoms with E-state index in [1.165, 1.54) is 0 Å². The molecule has 0 saturated carbocycles. The maximum atomic E-state index is 13.0. The number of amides is 2. The van der Waals surface area contributed by atoms with E-state index in [0.717, 1.165) is 11.4 Å². The van der Waals surface area contributed by atoms with Crippen LogP contribution in [0.1, 0.15) is 56.0 Å². The molecule has 0 bridgehead atoms. The fraction of sp³-hybridized carbons (Fsp3) is 0.579. The fourth-order valence-corrected chi connectivity index (χ4v) is 3.13. The van der Waals surface area contributed by atoms with Gasteiger partial charge in [-0.05, 0) is 26.3 Å². The first-order valence-electron chi connectivity index (χ1n) is 9.12. The van der Waals surface area contributed by atoms with Gasteiger partial charge in [-0.25, -0.2) is 0 Å². The number of carbonyl (C=O) groups excluding carboxylic acids is 2. The van der Waals surface area contributed by atoms with Gasteiger partial charge in [-0.3, -0.25) is 19.0 Å². The molecule has 8 nitrogen and oxygen atoms in total. The Kier molecular flexibility index (Phi) is 4.40. The number of rotatable bonds is 3. The van der Waals surface area contributed by atoms with Crippen molar-refractivity contribution in [2.75, 3.05) is 11.9 Å². The minimum absolute atomic E-state index is 0.111. The lowest BCUT2D eigenvalue weighted by Crippen LogP contribution is -2.66. The average molecular weight is 372 g/mol. The maximum absolute atomic E-state index is 13.0. The molecule has 1 saturated heterocycles. The number of aromatic nitrogens is 4. The molecule has 2 aromatic heterocycles. The monoisotopic (exact) mass is 372 g/mol. The highest BCUT2D eigenvalue weighted by molar-refractivity contribution is 6.04. The summed E-state index contributed by atoms with van der Waals surface area (Å²) in [6.07, 6.45) is 0.611. The maximum Gasteiger partial charge on any atom is 0.275 e. The van der Waals surface area contributed by atoms with Crippen LogP contribution in [0.15, 0.2) is 12.1 Å². The molecule has 0 radical (unpaired) electrons. The second-order valence-electron chi connectivity index (χ2n) is 8.52. The largest absolute Gasteiger partial charge is 0.323 e. The van der Waals surface area contributed by atoms with Gasteiger partial charge in [0.15, 0.2) is 5.69 Å².